The van der Waals surface area contributed by atoms with Gasteiger partial charge in [0, 0.05) is 34.2 Å². The summed E-state index contributed by atoms with van der Waals surface area (Å²) in [7, 11) is 3.19. The minimum atomic E-state index is -2.13. The molecule has 0 aromatic heterocycles. The molecule has 1 atom stereocenters. The molecule has 0 amide bonds. The van der Waals surface area contributed by atoms with Crippen molar-refractivity contribution in [1.82, 2.24) is 0 Å². The lowest BCUT2D eigenvalue weighted by Gasteiger charge is -2.47. The standard InChI is InChI=1S/C10H22O3Si.C6H8O/c1-5-10(11-2)8-6-7-9-14(10,12-3)13-4;1-2-4-6-5(3-1)7-6/h5-9H2,1-4H3;1-4H2. The Balaban J connectivity index is 0.000000189. The van der Waals surface area contributed by atoms with Crippen LogP contribution in [0.4, 0.5) is 0 Å². The van der Waals surface area contributed by atoms with E-state index in [1.54, 1.807) is 21.3 Å². The molecule has 3 aliphatic rings. The monoisotopic (exact) mass is 314 g/mol. The average molecular weight is 314 g/mol. The molecule has 0 radical (unpaired) electrons. The van der Waals surface area contributed by atoms with Crippen LogP contribution in [-0.4, -0.2) is 35.1 Å². The van der Waals surface area contributed by atoms with Crippen molar-refractivity contribution in [2.75, 3.05) is 21.3 Å². The quantitative estimate of drug-likeness (QED) is 0.734. The number of rotatable bonds is 4. The van der Waals surface area contributed by atoms with E-state index in [1.807, 2.05) is 0 Å². The fraction of sp³-hybridized carbons (Fsp3) is 0.875. The van der Waals surface area contributed by atoms with Gasteiger partial charge in [0.2, 0.25) is 0 Å². The largest absolute Gasteiger partial charge is 0.459 e. The van der Waals surface area contributed by atoms with Crippen LogP contribution in [0.5, 0.6) is 0 Å². The highest BCUT2D eigenvalue weighted by Gasteiger charge is 2.57. The maximum atomic E-state index is 5.74. The van der Waals surface area contributed by atoms with Gasteiger partial charge in [0.15, 0.2) is 0 Å². The summed E-state index contributed by atoms with van der Waals surface area (Å²) >= 11 is 0. The second-order valence-corrected chi connectivity index (χ2v) is 9.81. The first kappa shape index (κ1) is 17.0. The highest BCUT2D eigenvalue weighted by atomic mass is 28.4. The Morgan fingerprint density at radius 3 is 2.00 bits per heavy atom. The molecule has 1 saturated heterocycles. The molecule has 1 aliphatic carbocycles. The molecule has 2 heterocycles. The van der Waals surface area contributed by atoms with Gasteiger partial charge in [-0.15, -0.1) is 0 Å². The van der Waals surface area contributed by atoms with E-state index >= 15 is 0 Å². The molecule has 5 heteroatoms. The zero-order valence-electron chi connectivity index (χ0n) is 14.0. The zero-order valence-corrected chi connectivity index (χ0v) is 15.0. The van der Waals surface area contributed by atoms with Gasteiger partial charge in [-0.25, -0.2) is 0 Å². The van der Waals surface area contributed by atoms with Crippen LogP contribution in [-0.2, 0) is 18.3 Å². The highest BCUT2D eigenvalue weighted by molar-refractivity contribution is 6.70. The Labute approximate surface area is 130 Å². The number of ether oxygens (including phenoxy) is 2. The van der Waals surface area contributed by atoms with E-state index in [0.29, 0.717) is 0 Å². The third-order valence-corrected chi connectivity index (χ3v) is 9.75. The zero-order chi connectivity index (χ0) is 15.3. The van der Waals surface area contributed by atoms with E-state index in [2.05, 4.69) is 6.92 Å². The molecule has 1 fully saturated rings. The Bertz CT molecular complexity index is 338. The van der Waals surface area contributed by atoms with Gasteiger partial charge in [-0.1, -0.05) is 19.8 Å². The Kier molecular flexibility index (Phi) is 5.88. The van der Waals surface area contributed by atoms with Crippen LogP contribution < -0.4 is 0 Å². The molecule has 0 bridgehead atoms. The molecule has 21 heavy (non-hydrogen) atoms. The lowest BCUT2D eigenvalue weighted by atomic mass is 10.1. The third-order valence-electron chi connectivity index (χ3n) is 5.23. The van der Waals surface area contributed by atoms with E-state index in [9.17, 15) is 0 Å². The van der Waals surface area contributed by atoms with Crippen molar-refractivity contribution in [2.45, 2.75) is 69.6 Å². The Hall–Kier alpha value is -0.363. The SMILES string of the molecule is C1CCC2=C(C1)O2.CCC1(OC)CCCC[Si]1(OC)OC. The van der Waals surface area contributed by atoms with Gasteiger partial charge in [0.25, 0.3) is 0 Å². The summed E-state index contributed by atoms with van der Waals surface area (Å²) in [6.45, 7) is 2.16. The lowest BCUT2D eigenvalue weighted by molar-refractivity contribution is -0.0112. The smallest absolute Gasteiger partial charge is 0.370 e. The van der Waals surface area contributed by atoms with Crippen molar-refractivity contribution >= 4 is 8.56 Å². The molecule has 3 rings (SSSR count). The van der Waals surface area contributed by atoms with Crippen molar-refractivity contribution in [3.8, 4) is 0 Å². The van der Waals surface area contributed by atoms with E-state index in [4.69, 9.17) is 18.3 Å². The molecule has 0 N–H and O–H groups in total. The van der Waals surface area contributed by atoms with Crippen molar-refractivity contribution in [3.05, 3.63) is 11.5 Å². The summed E-state index contributed by atoms with van der Waals surface area (Å²) in [6.07, 6.45) is 9.62. The molecule has 2 aliphatic heterocycles. The molecule has 0 saturated carbocycles. The molecule has 1 unspecified atom stereocenters. The van der Waals surface area contributed by atoms with Crippen LogP contribution in [0.1, 0.15) is 58.3 Å². The van der Waals surface area contributed by atoms with Crippen LogP contribution in [0.15, 0.2) is 11.5 Å². The topological polar surface area (TPSA) is 40.2 Å². The van der Waals surface area contributed by atoms with Gasteiger partial charge in [-0.3, -0.25) is 0 Å². The highest BCUT2D eigenvalue weighted by Crippen LogP contribution is 2.41. The van der Waals surface area contributed by atoms with E-state index in [-0.39, 0.29) is 5.22 Å². The average Bonchev–Trinajstić information content (AvgIpc) is 3.34. The van der Waals surface area contributed by atoms with E-state index < -0.39 is 8.56 Å². The molecule has 4 nitrogen and oxygen atoms in total. The summed E-state index contributed by atoms with van der Waals surface area (Å²) in [5.74, 6) is 2.59. The van der Waals surface area contributed by atoms with Crippen LogP contribution in [0.25, 0.3) is 0 Å². The molecule has 0 aromatic carbocycles. The number of methoxy groups -OCH3 is 1. The summed E-state index contributed by atoms with van der Waals surface area (Å²) in [5, 5.41) is -0.130. The predicted molar refractivity (Wildman–Crippen MR) is 85.0 cm³/mol. The van der Waals surface area contributed by atoms with Crippen LogP contribution in [0, 0.1) is 0 Å². The van der Waals surface area contributed by atoms with Gasteiger partial charge >= 0.3 is 8.56 Å². The molecular weight excluding hydrogens is 284 g/mol. The second kappa shape index (κ2) is 7.27. The minimum absolute atomic E-state index is 0.130. The van der Waals surface area contributed by atoms with Gasteiger partial charge in [-0.05, 0) is 31.7 Å². The fourth-order valence-corrected chi connectivity index (χ4v) is 7.67. The van der Waals surface area contributed by atoms with Gasteiger partial charge < -0.3 is 18.3 Å². The Morgan fingerprint density at radius 1 is 1.00 bits per heavy atom. The first-order chi connectivity index (χ1) is 10.2. The van der Waals surface area contributed by atoms with Gasteiger partial charge in [0.1, 0.15) is 16.7 Å². The summed E-state index contributed by atoms with van der Waals surface area (Å²) < 4.78 is 22.3. The third kappa shape index (κ3) is 3.36. The first-order valence-corrected chi connectivity index (χ1v) is 10.2. The minimum Gasteiger partial charge on any atom is -0.459 e. The van der Waals surface area contributed by atoms with Crippen molar-refractivity contribution in [1.29, 1.82) is 0 Å². The molecule has 0 spiro atoms. The number of hydrogen-bond acceptors (Lipinski definition) is 4. The molecule has 122 valence electrons. The van der Waals surface area contributed by atoms with Gasteiger partial charge in [-0.2, -0.15) is 0 Å². The van der Waals surface area contributed by atoms with Crippen LogP contribution in [0.3, 0.4) is 0 Å². The number of hydrogen-bond donors (Lipinski definition) is 0. The normalized spacial score (nSPS) is 29.9. The first-order valence-electron chi connectivity index (χ1n) is 8.22. The van der Waals surface area contributed by atoms with E-state index in [0.717, 1.165) is 18.9 Å². The maximum Gasteiger partial charge on any atom is 0.370 e. The number of allylic oxidation sites excluding steroid dienone is 2. The molecule has 0 aromatic rings. The maximum absolute atomic E-state index is 5.74. The summed E-state index contributed by atoms with van der Waals surface area (Å²) in [6, 6.07) is 1.06. The van der Waals surface area contributed by atoms with E-state index in [1.165, 1.54) is 50.0 Å². The van der Waals surface area contributed by atoms with Crippen molar-refractivity contribution < 1.29 is 18.3 Å². The summed E-state index contributed by atoms with van der Waals surface area (Å²) in [5.41, 5.74) is 0. The molecular formula is C16H30O4Si. The fourth-order valence-electron chi connectivity index (χ4n) is 3.77. The lowest BCUT2D eigenvalue weighted by Crippen LogP contribution is -2.64. The summed E-state index contributed by atoms with van der Waals surface area (Å²) in [4.78, 5) is 0. The van der Waals surface area contributed by atoms with Crippen LogP contribution >= 0.6 is 0 Å². The van der Waals surface area contributed by atoms with Crippen LogP contribution in [0.2, 0.25) is 6.04 Å². The second-order valence-electron chi connectivity index (χ2n) is 6.08. The predicted octanol–water partition coefficient (Wildman–Crippen LogP) is 4.04. The van der Waals surface area contributed by atoms with Crippen molar-refractivity contribution in [3.63, 3.8) is 0 Å². The van der Waals surface area contributed by atoms with Gasteiger partial charge in [0.05, 0.1) is 0 Å². The Morgan fingerprint density at radius 2 is 1.62 bits per heavy atom. The van der Waals surface area contributed by atoms with Crippen molar-refractivity contribution in [2.24, 2.45) is 0 Å².